The third-order valence-corrected chi connectivity index (χ3v) is 6.82. The number of pyridine rings is 1. The van der Waals surface area contributed by atoms with Crippen molar-refractivity contribution in [1.82, 2.24) is 24.8 Å². The molecular formula is C26H24F3N5O. The molecule has 35 heavy (non-hydrogen) atoms. The summed E-state index contributed by atoms with van der Waals surface area (Å²) in [6.07, 6.45) is 8.22. The van der Waals surface area contributed by atoms with Crippen molar-refractivity contribution in [2.45, 2.75) is 43.7 Å². The molecule has 1 N–H and O–H groups in total. The molecule has 0 aliphatic heterocycles. The van der Waals surface area contributed by atoms with Crippen molar-refractivity contribution in [3.8, 4) is 5.95 Å². The molecule has 1 amide bonds. The van der Waals surface area contributed by atoms with E-state index in [9.17, 15) is 18.0 Å². The second-order valence-corrected chi connectivity index (χ2v) is 8.92. The summed E-state index contributed by atoms with van der Waals surface area (Å²) < 4.78 is 43.3. The van der Waals surface area contributed by atoms with E-state index in [1.165, 1.54) is 35.3 Å². The second-order valence-electron chi connectivity index (χ2n) is 8.92. The number of nitrogens with one attached hydrogen (secondary N) is 1. The number of fused-ring (bicyclic) bond motifs is 1. The number of aromatic nitrogens is 4. The van der Waals surface area contributed by atoms with Crippen LogP contribution < -0.4 is 5.32 Å². The molecule has 3 heterocycles. The van der Waals surface area contributed by atoms with Crippen molar-refractivity contribution in [2.24, 2.45) is 0 Å². The Hall–Kier alpha value is -3.75. The zero-order chi connectivity index (χ0) is 24.5. The third-order valence-electron chi connectivity index (χ3n) is 6.82. The maximum Gasteiger partial charge on any atom is 0.417 e. The molecule has 0 spiro atoms. The molecule has 9 heteroatoms. The highest BCUT2D eigenvalue weighted by atomic mass is 19.4. The molecule has 0 radical (unpaired) electrons. The quantitative estimate of drug-likeness (QED) is 0.412. The van der Waals surface area contributed by atoms with Crippen molar-refractivity contribution < 1.29 is 18.0 Å². The Kier molecular flexibility index (Phi) is 6.00. The number of benzene rings is 1. The predicted molar refractivity (Wildman–Crippen MR) is 125 cm³/mol. The fourth-order valence-corrected chi connectivity index (χ4v) is 5.09. The minimum Gasteiger partial charge on any atom is -0.351 e. The second kappa shape index (κ2) is 9.13. The first-order chi connectivity index (χ1) is 16.9. The van der Waals surface area contributed by atoms with Gasteiger partial charge < -0.3 is 5.32 Å². The van der Waals surface area contributed by atoms with Gasteiger partial charge in [-0.2, -0.15) is 13.2 Å². The number of rotatable bonds is 5. The van der Waals surface area contributed by atoms with Crippen LogP contribution in [-0.4, -0.2) is 32.0 Å². The summed E-state index contributed by atoms with van der Waals surface area (Å²) in [5.74, 6) is -0.370. The van der Waals surface area contributed by atoms with Crippen LogP contribution in [0.4, 0.5) is 13.2 Å². The Morgan fingerprint density at radius 3 is 2.46 bits per heavy atom. The molecule has 1 fully saturated rings. The Bertz CT molecular complexity index is 1330. The molecule has 0 bridgehead atoms. The van der Waals surface area contributed by atoms with Gasteiger partial charge in [0, 0.05) is 48.3 Å². The Morgan fingerprint density at radius 1 is 1.00 bits per heavy atom. The molecule has 1 saturated carbocycles. The molecular weight excluding hydrogens is 455 g/mol. The number of halogens is 3. The molecule has 1 aliphatic carbocycles. The maximum atomic E-state index is 14.0. The zero-order valence-corrected chi connectivity index (χ0v) is 18.9. The van der Waals surface area contributed by atoms with E-state index in [-0.39, 0.29) is 27.8 Å². The number of carbonyl (C=O) groups is 1. The normalized spacial score (nSPS) is 15.7. The van der Waals surface area contributed by atoms with Crippen LogP contribution in [0, 0.1) is 0 Å². The van der Waals surface area contributed by atoms with Crippen LogP contribution in [0.3, 0.4) is 0 Å². The van der Waals surface area contributed by atoms with Crippen molar-refractivity contribution in [3.63, 3.8) is 0 Å². The first kappa shape index (κ1) is 23.0. The molecule has 4 aromatic rings. The molecule has 5 rings (SSSR count). The van der Waals surface area contributed by atoms with Gasteiger partial charge in [-0.1, -0.05) is 31.4 Å². The number of nitrogens with zero attached hydrogens (tertiary/aromatic N) is 4. The highest BCUT2D eigenvalue weighted by Gasteiger charge is 2.37. The summed E-state index contributed by atoms with van der Waals surface area (Å²) >= 11 is 0. The van der Waals surface area contributed by atoms with Gasteiger partial charge in [-0.15, -0.1) is 0 Å². The van der Waals surface area contributed by atoms with Gasteiger partial charge in [0.1, 0.15) is 0 Å². The van der Waals surface area contributed by atoms with E-state index in [2.05, 4.69) is 20.3 Å². The van der Waals surface area contributed by atoms with Crippen LogP contribution in [0.25, 0.3) is 16.9 Å². The van der Waals surface area contributed by atoms with Crippen molar-refractivity contribution >= 4 is 16.8 Å². The van der Waals surface area contributed by atoms with Crippen LogP contribution in [-0.2, 0) is 11.6 Å². The van der Waals surface area contributed by atoms with Gasteiger partial charge >= 0.3 is 6.18 Å². The fraction of sp³-hybridized carbons (Fsp3) is 0.308. The van der Waals surface area contributed by atoms with Crippen LogP contribution in [0.15, 0.2) is 67.4 Å². The lowest BCUT2D eigenvalue weighted by atomic mass is 9.70. The van der Waals surface area contributed by atoms with Crippen LogP contribution in [0.5, 0.6) is 0 Å². The summed E-state index contributed by atoms with van der Waals surface area (Å²) in [5.41, 5.74) is 0.0366. The van der Waals surface area contributed by atoms with Gasteiger partial charge in [0.25, 0.3) is 5.91 Å². The van der Waals surface area contributed by atoms with Crippen molar-refractivity contribution in [2.75, 3.05) is 6.54 Å². The standard InChI is InChI=1S/C26H24F3N5O/c27-26(28,29)20-8-4-9-21-22(20)19(16-34(21)24-31-13-6-14-32-24)23(35)33-17-25(10-2-1-3-11-25)18-7-5-12-30-15-18/h4-9,12-16H,1-3,10-11,17H2,(H,33,35). The van der Waals surface area contributed by atoms with Gasteiger partial charge in [-0.05, 0) is 42.7 Å². The number of hydrogen-bond acceptors (Lipinski definition) is 4. The average Bonchev–Trinajstić information content (AvgIpc) is 3.28. The SMILES string of the molecule is O=C(NCC1(c2cccnc2)CCCCC1)c1cn(-c2ncccn2)c2cccc(C(F)(F)F)c12. The van der Waals surface area contributed by atoms with E-state index in [1.807, 2.05) is 18.3 Å². The Labute approximate surface area is 200 Å². The minimum atomic E-state index is -4.63. The monoisotopic (exact) mass is 479 g/mol. The highest BCUT2D eigenvalue weighted by molar-refractivity contribution is 6.08. The van der Waals surface area contributed by atoms with E-state index in [1.54, 1.807) is 12.3 Å². The molecule has 180 valence electrons. The summed E-state index contributed by atoms with van der Waals surface area (Å²) in [5, 5.41) is 2.79. The zero-order valence-electron chi connectivity index (χ0n) is 18.9. The molecule has 3 aromatic heterocycles. The first-order valence-corrected chi connectivity index (χ1v) is 11.6. The highest BCUT2D eigenvalue weighted by Crippen LogP contribution is 2.40. The number of hydrogen-bond donors (Lipinski definition) is 1. The summed E-state index contributed by atoms with van der Waals surface area (Å²) in [6, 6.07) is 9.35. The van der Waals surface area contributed by atoms with Crippen molar-refractivity contribution in [1.29, 1.82) is 0 Å². The largest absolute Gasteiger partial charge is 0.417 e. The predicted octanol–water partition coefficient (Wildman–Crippen LogP) is 5.47. The van der Waals surface area contributed by atoms with Gasteiger partial charge in [0.2, 0.25) is 5.95 Å². The number of alkyl halides is 3. The Balaban J connectivity index is 1.55. The Morgan fingerprint density at radius 2 is 1.77 bits per heavy atom. The summed E-state index contributed by atoms with van der Waals surface area (Å²) in [7, 11) is 0. The topological polar surface area (TPSA) is 72.7 Å². The van der Waals surface area contributed by atoms with Crippen molar-refractivity contribution in [3.05, 3.63) is 84.1 Å². The molecule has 0 atom stereocenters. The lowest BCUT2D eigenvalue weighted by molar-refractivity contribution is -0.136. The van der Waals surface area contributed by atoms with E-state index < -0.39 is 17.6 Å². The lowest BCUT2D eigenvalue weighted by Crippen LogP contribution is -2.42. The lowest BCUT2D eigenvalue weighted by Gasteiger charge is -2.37. The van der Waals surface area contributed by atoms with E-state index >= 15 is 0 Å². The molecule has 6 nitrogen and oxygen atoms in total. The minimum absolute atomic E-state index is 0.0578. The van der Waals surface area contributed by atoms with Gasteiger partial charge in [0.05, 0.1) is 16.6 Å². The van der Waals surface area contributed by atoms with Crippen LogP contribution in [0.1, 0.15) is 53.6 Å². The molecule has 1 aromatic carbocycles. The molecule has 1 aliphatic rings. The smallest absolute Gasteiger partial charge is 0.351 e. The van der Waals surface area contributed by atoms with Crippen LogP contribution in [0.2, 0.25) is 0 Å². The molecule has 0 unspecified atom stereocenters. The van der Waals surface area contributed by atoms with Gasteiger partial charge in [-0.3, -0.25) is 14.3 Å². The molecule has 0 saturated heterocycles. The summed E-state index contributed by atoms with van der Waals surface area (Å²) in [4.78, 5) is 26.0. The average molecular weight is 480 g/mol. The van der Waals surface area contributed by atoms with Gasteiger partial charge in [-0.25, -0.2) is 9.97 Å². The fourth-order valence-electron chi connectivity index (χ4n) is 5.09. The number of carbonyl (C=O) groups excluding carboxylic acids is 1. The maximum absolute atomic E-state index is 14.0. The third kappa shape index (κ3) is 4.38. The number of amides is 1. The van der Waals surface area contributed by atoms with E-state index in [0.29, 0.717) is 6.54 Å². The van der Waals surface area contributed by atoms with Gasteiger partial charge in [0.15, 0.2) is 0 Å². The van der Waals surface area contributed by atoms with E-state index in [0.717, 1.165) is 43.7 Å². The first-order valence-electron chi connectivity index (χ1n) is 11.6. The summed E-state index contributed by atoms with van der Waals surface area (Å²) in [6.45, 7) is 0.320. The van der Waals surface area contributed by atoms with E-state index in [4.69, 9.17) is 0 Å². The van der Waals surface area contributed by atoms with Crippen LogP contribution >= 0.6 is 0 Å².